The van der Waals surface area contributed by atoms with Gasteiger partial charge in [0.25, 0.3) is 0 Å². The van der Waals surface area contributed by atoms with Crippen molar-refractivity contribution in [1.29, 1.82) is 0 Å². The molecular formula is C13H16N2O. The van der Waals surface area contributed by atoms with Crippen molar-refractivity contribution >= 4 is 5.78 Å². The second-order valence-corrected chi connectivity index (χ2v) is 4.02. The Morgan fingerprint density at radius 1 is 1.69 bits per heavy atom. The second-order valence-electron chi connectivity index (χ2n) is 4.02. The Morgan fingerprint density at radius 3 is 3.38 bits per heavy atom. The van der Waals surface area contributed by atoms with Crippen molar-refractivity contribution in [2.45, 2.75) is 18.8 Å². The third-order valence-corrected chi connectivity index (χ3v) is 2.94. The van der Waals surface area contributed by atoms with Gasteiger partial charge in [0.2, 0.25) is 0 Å². The minimum Gasteiger partial charge on any atom is -0.307 e. The monoisotopic (exact) mass is 216 g/mol. The maximum atomic E-state index is 11.9. The molecule has 84 valence electrons. The summed E-state index contributed by atoms with van der Waals surface area (Å²) in [5.41, 5.74) is 2.21. The SMILES string of the molecule is C=CCNCC(=O)C1CCc2cccnc21. The van der Waals surface area contributed by atoms with Gasteiger partial charge in [-0.3, -0.25) is 9.78 Å². The van der Waals surface area contributed by atoms with Crippen LogP contribution in [0.3, 0.4) is 0 Å². The highest BCUT2D eigenvalue weighted by molar-refractivity contribution is 5.88. The molecule has 3 nitrogen and oxygen atoms in total. The number of pyridine rings is 1. The molecule has 0 spiro atoms. The minimum atomic E-state index is -0.00600. The summed E-state index contributed by atoms with van der Waals surface area (Å²) < 4.78 is 0. The second kappa shape index (κ2) is 5.03. The van der Waals surface area contributed by atoms with E-state index in [0.717, 1.165) is 18.5 Å². The van der Waals surface area contributed by atoms with E-state index >= 15 is 0 Å². The van der Waals surface area contributed by atoms with E-state index in [4.69, 9.17) is 0 Å². The third kappa shape index (κ3) is 2.19. The molecule has 0 fully saturated rings. The van der Waals surface area contributed by atoms with E-state index in [2.05, 4.69) is 22.9 Å². The first-order valence-corrected chi connectivity index (χ1v) is 5.61. The van der Waals surface area contributed by atoms with Gasteiger partial charge < -0.3 is 5.32 Å². The Kier molecular flexibility index (Phi) is 3.47. The summed E-state index contributed by atoms with van der Waals surface area (Å²) in [5.74, 6) is 0.229. The molecule has 1 atom stereocenters. The van der Waals surface area contributed by atoms with Gasteiger partial charge in [-0.25, -0.2) is 0 Å². The molecule has 1 aliphatic rings. The van der Waals surface area contributed by atoms with Crippen LogP contribution in [-0.2, 0) is 11.2 Å². The van der Waals surface area contributed by atoms with E-state index in [1.54, 1.807) is 12.3 Å². The molecule has 0 aliphatic heterocycles. The molecule has 0 saturated heterocycles. The molecule has 1 heterocycles. The number of ketones is 1. The number of nitrogens with zero attached hydrogens (tertiary/aromatic N) is 1. The summed E-state index contributed by atoms with van der Waals surface area (Å²) in [6.07, 6.45) is 5.40. The van der Waals surface area contributed by atoms with Gasteiger partial charge in [-0.2, -0.15) is 0 Å². The topological polar surface area (TPSA) is 42.0 Å². The van der Waals surface area contributed by atoms with E-state index < -0.39 is 0 Å². The molecule has 3 heteroatoms. The number of carbonyl (C=O) groups is 1. The Balaban J connectivity index is 2.01. The predicted molar refractivity (Wildman–Crippen MR) is 63.4 cm³/mol. The molecule has 0 saturated carbocycles. The zero-order valence-corrected chi connectivity index (χ0v) is 9.28. The average Bonchev–Trinajstić information content (AvgIpc) is 2.73. The van der Waals surface area contributed by atoms with E-state index in [1.165, 1.54) is 5.56 Å². The third-order valence-electron chi connectivity index (χ3n) is 2.94. The van der Waals surface area contributed by atoms with Crippen molar-refractivity contribution in [1.82, 2.24) is 10.3 Å². The fourth-order valence-electron chi connectivity index (χ4n) is 2.15. The fraction of sp³-hybridized carbons (Fsp3) is 0.385. The number of fused-ring (bicyclic) bond motifs is 1. The van der Waals surface area contributed by atoms with Crippen molar-refractivity contribution < 1.29 is 4.79 Å². The lowest BCUT2D eigenvalue weighted by molar-refractivity contribution is -0.119. The quantitative estimate of drug-likeness (QED) is 0.598. The Morgan fingerprint density at radius 2 is 2.56 bits per heavy atom. The van der Waals surface area contributed by atoms with Crippen LogP contribution in [-0.4, -0.2) is 23.9 Å². The maximum absolute atomic E-state index is 11.9. The van der Waals surface area contributed by atoms with Crippen molar-refractivity contribution in [3.05, 3.63) is 42.2 Å². The molecule has 0 amide bonds. The highest BCUT2D eigenvalue weighted by Gasteiger charge is 2.28. The maximum Gasteiger partial charge on any atom is 0.155 e. The lowest BCUT2D eigenvalue weighted by atomic mass is 10.0. The van der Waals surface area contributed by atoms with Gasteiger partial charge in [-0.1, -0.05) is 12.1 Å². The summed E-state index contributed by atoms with van der Waals surface area (Å²) in [4.78, 5) is 16.3. The van der Waals surface area contributed by atoms with E-state index in [-0.39, 0.29) is 11.7 Å². The van der Waals surface area contributed by atoms with Crippen molar-refractivity contribution in [2.75, 3.05) is 13.1 Å². The van der Waals surface area contributed by atoms with Gasteiger partial charge in [-0.15, -0.1) is 6.58 Å². The zero-order valence-electron chi connectivity index (χ0n) is 9.28. The van der Waals surface area contributed by atoms with Crippen LogP contribution in [0.15, 0.2) is 31.0 Å². The number of carbonyl (C=O) groups excluding carboxylic acids is 1. The highest BCUT2D eigenvalue weighted by Crippen LogP contribution is 2.31. The van der Waals surface area contributed by atoms with Crippen molar-refractivity contribution in [2.24, 2.45) is 0 Å². The standard InChI is InChI=1S/C13H16N2O/c1-2-7-14-9-12(16)11-6-5-10-4-3-8-15-13(10)11/h2-4,8,11,14H,1,5-7,9H2. The first-order chi connectivity index (χ1) is 7.83. The number of nitrogens with one attached hydrogen (secondary N) is 1. The molecule has 2 rings (SSSR count). The predicted octanol–water partition coefficient (Wildman–Crippen LogP) is 1.46. The summed E-state index contributed by atoms with van der Waals surface area (Å²) in [6, 6.07) is 3.99. The molecule has 16 heavy (non-hydrogen) atoms. The minimum absolute atomic E-state index is 0.00600. The van der Waals surface area contributed by atoms with Crippen LogP contribution in [0.1, 0.15) is 23.6 Å². The molecule has 1 unspecified atom stereocenters. The van der Waals surface area contributed by atoms with Gasteiger partial charge in [0.15, 0.2) is 5.78 Å². The zero-order chi connectivity index (χ0) is 11.4. The van der Waals surface area contributed by atoms with Gasteiger partial charge in [0.05, 0.1) is 18.2 Å². The molecule has 1 aromatic rings. The highest BCUT2D eigenvalue weighted by atomic mass is 16.1. The Labute approximate surface area is 95.6 Å². The molecule has 0 aromatic carbocycles. The Hall–Kier alpha value is -1.48. The van der Waals surface area contributed by atoms with Gasteiger partial charge in [-0.05, 0) is 24.5 Å². The van der Waals surface area contributed by atoms with Gasteiger partial charge >= 0.3 is 0 Å². The summed E-state index contributed by atoms with van der Waals surface area (Å²) in [5, 5.41) is 3.05. The first kappa shape index (κ1) is 11.0. The first-order valence-electron chi connectivity index (χ1n) is 5.61. The fourth-order valence-corrected chi connectivity index (χ4v) is 2.15. The molecule has 1 N–H and O–H groups in total. The van der Waals surface area contributed by atoms with Crippen molar-refractivity contribution in [3.63, 3.8) is 0 Å². The summed E-state index contributed by atoms with van der Waals surface area (Å²) >= 11 is 0. The van der Waals surface area contributed by atoms with E-state index in [0.29, 0.717) is 13.1 Å². The number of Topliss-reactive ketones (excluding diaryl/α,β-unsaturated/α-hetero) is 1. The van der Waals surface area contributed by atoms with Crippen LogP contribution in [0.4, 0.5) is 0 Å². The number of aryl methyl sites for hydroxylation is 1. The summed E-state index contributed by atoms with van der Waals surface area (Å²) in [7, 11) is 0. The summed E-state index contributed by atoms with van der Waals surface area (Å²) in [6.45, 7) is 4.69. The number of aromatic nitrogens is 1. The van der Waals surface area contributed by atoms with Crippen LogP contribution < -0.4 is 5.32 Å². The van der Waals surface area contributed by atoms with Crippen LogP contribution in [0.5, 0.6) is 0 Å². The Bertz CT molecular complexity index is 401. The van der Waals surface area contributed by atoms with Crippen LogP contribution in [0.25, 0.3) is 0 Å². The number of hydrogen-bond donors (Lipinski definition) is 1. The van der Waals surface area contributed by atoms with Crippen LogP contribution in [0, 0.1) is 0 Å². The number of hydrogen-bond acceptors (Lipinski definition) is 3. The molecule has 0 radical (unpaired) electrons. The lowest BCUT2D eigenvalue weighted by Crippen LogP contribution is -2.26. The largest absolute Gasteiger partial charge is 0.307 e. The molecule has 1 aromatic heterocycles. The number of rotatable bonds is 5. The van der Waals surface area contributed by atoms with E-state index in [9.17, 15) is 4.79 Å². The van der Waals surface area contributed by atoms with Crippen LogP contribution in [0.2, 0.25) is 0 Å². The van der Waals surface area contributed by atoms with Gasteiger partial charge in [0, 0.05) is 12.7 Å². The van der Waals surface area contributed by atoms with Gasteiger partial charge in [0.1, 0.15) is 0 Å². The normalized spacial score (nSPS) is 18.1. The lowest BCUT2D eigenvalue weighted by Gasteiger charge is -2.09. The molecule has 1 aliphatic carbocycles. The van der Waals surface area contributed by atoms with E-state index in [1.807, 2.05) is 6.07 Å². The van der Waals surface area contributed by atoms with Crippen LogP contribution >= 0.6 is 0 Å². The van der Waals surface area contributed by atoms with Crippen molar-refractivity contribution in [3.8, 4) is 0 Å². The smallest absolute Gasteiger partial charge is 0.155 e. The molecular weight excluding hydrogens is 200 g/mol. The molecule has 0 bridgehead atoms. The average molecular weight is 216 g/mol.